The molecular formula is C8H12F3NO4S. The van der Waals surface area contributed by atoms with Gasteiger partial charge in [0.1, 0.15) is 13.2 Å². The summed E-state index contributed by atoms with van der Waals surface area (Å²) in [4.78, 5) is 21.0. The Bertz CT molecular complexity index is 260. The average molecular weight is 275 g/mol. The number of alkyl halides is 3. The first-order valence-corrected chi connectivity index (χ1v) is 5.67. The fourth-order valence-electron chi connectivity index (χ4n) is 0.733. The predicted octanol–water partition coefficient (Wildman–Crippen LogP) is 0.499. The van der Waals surface area contributed by atoms with Crippen LogP contribution in [0.15, 0.2) is 0 Å². The highest BCUT2D eigenvalue weighted by Crippen LogP contribution is 2.13. The molecule has 5 nitrogen and oxygen atoms in total. The Morgan fingerprint density at radius 2 is 2.00 bits per heavy atom. The number of ether oxygens (including phenoxy) is 1. The number of carbonyl (C=O) groups is 2. The standard InChI is InChI=1S/C8H12F3NO4S/c9-8(10,11)5-16-3-6(13)12-1-2-17-4-7(14)15/h1-5H2,(H,12,13)(H,14,15). The van der Waals surface area contributed by atoms with Crippen LogP contribution in [0.25, 0.3) is 0 Å². The minimum Gasteiger partial charge on any atom is -0.481 e. The normalized spacial score (nSPS) is 11.2. The third-order valence-electron chi connectivity index (χ3n) is 1.29. The molecule has 0 radical (unpaired) electrons. The fraction of sp³-hybridized carbons (Fsp3) is 0.750. The molecule has 0 saturated carbocycles. The van der Waals surface area contributed by atoms with Crippen molar-refractivity contribution >= 4 is 23.6 Å². The molecule has 2 N–H and O–H groups in total. The van der Waals surface area contributed by atoms with Gasteiger partial charge in [0.15, 0.2) is 0 Å². The minimum absolute atomic E-state index is 0.0829. The number of aliphatic carboxylic acids is 1. The van der Waals surface area contributed by atoms with E-state index in [4.69, 9.17) is 5.11 Å². The van der Waals surface area contributed by atoms with E-state index in [0.717, 1.165) is 11.8 Å². The number of carboxylic acids is 1. The van der Waals surface area contributed by atoms with Crippen LogP contribution in [0, 0.1) is 0 Å². The van der Waals surface area contributed by atoms with Crippen molar-refractivity contribution in [3.8, 4) is 0 Å². The van der Waals surface area contributed by atoms with Crippen LogP contribution in [-0.2, 0) is 14.3 Å². The zero-order chi connectivity index (χ0) is 13.3. The summed E-state index contributed by atoms with van der Waals surface area (Å²) in [5.74, 6) is -1.34. The largest absolute Gasteiger partial charge is 0.481 e. The smallest absolute Gasteiger partial charge is 0.411 e. The van der Waals surface area contributed by atoms with Gasteiger partial charge in [0.25, 0.3) is 0 Å². The molecule has 0 aliphatic carbocycles. The van der Waals surface area contributed by atoms with Crippen LogP contribution in [0.1, 0.15) is 0 Å². The molecule has 0 unspecified atom stereocenters. The molecule has 100 valence electrons. The molecule has 0 spiro atoms. The Balaban J connectivity index is 3.38. The molecule has 0 aliphatic rings. The van der Waals surface area contributed by atoms with E-state index in [1.165, 1.54) is 0 Å². The van der Waals surface area contributed by atoms with Gasteiger partial charge in [-0.15, -0.1) is 11.8 Å². The molecule has 0 aromatic rings. The number of halogens is 3. The van der Waals surface area contributed by atoms with Gasteiger partial charge in [-0.1, -0.05) is 0 Å². The Kier molecular flexibility index (Phi) is 7.72. The van der Waals surface area contributed by atoms with Gasteiger partial charge in [-0.3, -0.25) is 9.59 Å². The second kappa shape index (κ2) is 8.18. The summed E-state index contributed by atoms with van der Waals surface area (Å²) >= 11 is 1.10. The first-order valence-electron chi connectivity index (χ1n) is 4.52. The van der Waals surface area contributed by atoms with Gasteiger partial charge in [-0.05, 0) is 0 Å². The Morgan fingerprint density at radius 1 is 1.35 bits per heavy atom. The first-order chi connectivity index (χ1) is 7.81. The Morgan fingerprint density at radius 3 is 2.53 bits per heavy atom. The van der Waals surface area contributed by atoms with Crippen LogP contribution in [0.2, 0.25) is 0 Å². The minimum atomic E-state index is -4.45. The Labute approximate surface area is 99.7 Å². The summed E-state index contributed by atoms with van der Waals surface area (Å²) in [5, 5.41) is 10.6. The molecule has 0 aromatic heterocycles. The highest BCUT2D eigenvalue weighted by Gasteiger charge is 2.27. The lowest BCUT2D eigenvalue weighted by atomic mass is 10.6. The van der Waals surface area contributed by atoms with Gasteiger partial charge >= 0.3 is 12.1 Å². The highest BCUT2D eigenvalue weighted by molar-refractivity contribution is 7.99. The predicted molar refractivity (Wildman–Crippen MR) is 54.8 cm³/mol. The summed E-state index contributed by atoms with van der Waals surface area (Å²) in [6.45, 7) is -1.94. The molecule has 0 atom stereocenters. The van der Waals surface area contributed by atoms with Crippen LogP contribution < -0.4 is 5.32 Å². The summed E-state index contributed by atoms with van der Waals surface area (Å²) in [6, 6.07) is 0. The van der Waals surface area contributed by atoms with E-state index in [-0.39, 0.29) is 12.3 Å². The monoisotopic (exact) mass is 275 g/mol. The number of amides is 1. The van der Waals surface area contributed by atoms with Gasteiger partial charge in [-0.2, -0.15) is 13.2 Å². The van der Waals surface area contributed by atoms with E-state index < -0.39 is 31.3 Å². The summed E-state index contributed by atoms with van der Waals surface area (Å²) in [7, 11) is 0. The van der Waals surface area contributed by atoms with E-state index in [2.05, 4.69) is 10.1 Å². The van der Waals surface area contributed by atoms with E-state index in [1.54, 1.807) is 0 Å². The van der Waals surface area contributed by atoms with Crippen LogP contribution in [0.4, 0.5) is 13.2 Å². The number of carboxylic acid groups (broad SMARTS) is 1. The number of hydrogen-bond donors (Lipinski definition) is 2. The van der Waals surface area contributed by atoms with Gasteiger partial charge in [0.05, 0.1) is 5.75 Å². The van der Waals surface area contributed by atoms with Gasteiger partial charge in [0, 0.05) is 12.3 Å². The van der Waals surface area contributed by atoms with Crippen molar-refractivity contribution in [1.82, 2.24) is 5.32 Å². The van der Waals surface area contributed by atoms with Crippen LogP contribution >= 0.6 is 11.8 Å². The summed E-state index contributed by atoms with van der Waals surface area (Å²) < 4.78 is 39.0. The van der Waals surface area contributed by atoms with Gasteiger partial charge < -0.3 is 15.2 Å². The second-order valence-corrected chi connectivity index (χ2v) is 4.01. The number of rotatable bonds is 8. The van der Waals surface area contributed by atoms with Crippen LogP contribution in [0.3, 0.4) is 0 Å². The quantitative estimate of drug-likeness (QED) is 0.631. The first kappa shape index (κ1) is 16.0. The third kappa shape index (κ3) is 13.0. The van der Waals surface area contributed by atoms with Gasteiger partial charge in [0.2, 0.25) is 5.91 Å². The maximum Gasteiger partial charge on any atom is 0.411 e. The van der Waals surface area contributed by atoms with E-state index in [0.29, 0.717) is 5.75 Å². The van der Waals surface area contributed by atoms with Crippen molar-refractivity contribution in [3.63, 3.8) is 0 Å². The summed E-state index contributed by atoms with van der Waals surface area (Å²) in [5.41, 5.74) is 0. The topological polar surface area (TPSA) is 75.6 Å². The molecule has 17 heavy (non-hydrogen) atoms. The molecule has 0 heterocycles. The maximum atomic E-state index is 11.6. The third-order valence-corrected chi connectivity index (χ3v) is 2.24. The van der Waals surface area contributed by atoms with Crippen LogP contribution in [0.5, 0.6) is 0 Å². The molecule has 0 rings (SSSR count). The Hall–Kier alpha value is -0.960. The molecule has 0 bridgehead atoms. The highest BCUT2D eigenvalue weighted by atomic mass is 32.2. The van der Waals surface area contributed by atoms with E-state index in [9.17, 15) is 22.8 Å². The second-order valence-electron chi connectivity index (χ2n) is 2.90. The molecule has 0 aliphatic heterocycles. The number of hydrogen-bond acceptors (Lipinski definition) is 4. The SMILES string of the molecule is O=C(O)CSCCNC(=O)COCC(F)(F)F. The van der Waals surface area contributed by atoms with Crippen LogP contribution in [-0.4, -0.2) is 54.4 Å². The van der Waals surface area contributed by atoms with Crippen molar-refractivity contribution in [2.24, 2.45) is 0 Å². The van der Waals surface area contributed by atoms with Crippen molar-refractivity contribution in [2.75, 3.05) is 31.3 Å². The molecule has 0 aromatic carbocycles. The van der Waals surface area contributed by atoms with Crippen molar-refractivity contribution in [3.05, 3.63) is 0 Å². The van der Waals surface area contributed by atoms with Crippen molar-refractivity contribution < 1.29 is 32.6 Å². The molecule has 1 amide bonds. The number of thioether (sulfide) groups is 1. The molecule has 0 saturated heterocycles. The molecule has 9 heteroatoms. The lowest BCUT2D eigenvalue weighted by Crippen LogP contribution is -2.31. The van der Waals surface area contributed by atoms with Crippen molar-refractivity contribution in [2.45, 2.75) is 6.18 Å². The average Bonchev–Trinajstić information content (AvgIpc) is 2.14. The van der Waals surface area contributed by atoms with E-state index in [1.807, 2.05) is 0 Å². The zero-order valence-corrected chi connectivity index (χ0v) is 9.57. The zero-order valence-electron chi connectivity index (χ0n) is 8.75. The van der Waals surface area contributed by atoms with Crippen molar-refractivity contribution in [1.29, 1.82) is 0 Å². The molecule has 0 fully saturated rings. The number of carbonyl (C=O) groups excluding carboxylic acids is 1. The lowest BCUT2D eigenvalue weighted by Gasteiger charge is -2.07. The fourth-order valence-corrected chi connectivity index (χ4v) is 1.30. The number of nitrogens with one attached hydrogen (secondary N) is 1. The van der Waals surface area contributed by atoms with Gasteiger partial charge in [-0.25, -0.2) is 0 Å². The lowest BCUT2D eigenvalue weighted by molar-refractivity contribution is -0.175. The summed E-state index contributed by atoms with van der Waals surface area (Å²) in [6.07, 6.45) is -4.45. The van der Waals surface area contributed by atoms with E-state index >= 15 is 0 Å². The molecular weight excluding hydrogens is 263 g/mol. The maximum absolute atomic E-state index is 11.6.